The number of halogens is 3. The summed E-state index contributed by atoms with van der Waals surface area (Å²) in [6.07, 6.45) is 1.27. The summed E-state index contributed by atoms with van der Waals surface area (Å²) in [4.78, 5) is 0. The van der Waals surface area contributed by atoms with Gasteiger partial charge in [0.15, 0.2) is 0 Å². The van der Waals surface area contributed by atoms with Gasteiger partial charge in [-0.1, -0.05) is 34.8 Å². The molecule has 0 heterocycles. The SMILES string of the molecule is CC(Cl)NC(Cl)=CC(=N)Cl. The van der Waals surface area contributed by atoms with E-state index in [1.54, 1.807) is 6.92 Å². The molecule has 1 atom stereocenters. The number of nitrogens with one attached hydrogen (secondary N) is 2. The van der Waals surface area contributed by atoms with E-state index in [0.717, 1.165) is 0 Å². The van der Waals surface area contributed by atoms with E-state index < -0.39 is 0 Å². The van der Waals surface area contributed by atoms with Crippen molar-refractivity contribution < 1.29 is 0 Å². The van der Waals surface area contributed by atoms with Gasteiger partial charge in [0.05, 0.1) is 5.50 Å². The third-order valence-corrected chi connectivity index (χ3v) is 1.03. The van der Waals surface area contributed by atoms with Crippen molar-refractivity contribution in [1.82, 2.24) is 5.32 Å². The second-order valence-electron chi connectivity index (χ2n) is 1.60. The molecule has 0 fully saturated rings. The highest BCUT2D eigenvalue weighted by molar-refractivity contribution is 6.68. The molecular weight excluding hydrogens is 194 g/mol. The average Bonchev–Trinajstić information content (AvgIpc) is 1.58. The maximum absolute atomic E-state index is 6.79. The average molecular weight is 201 g/mol. The second-order valence-corrected chi connectivity index (χ2v) is 3.07. The van der Waals surface area contributed by atoms with Crippen LogP contribution in [0.5, 0.6) is 0 Å². The van der Waals surface area contributed by atoms with Crippen LogP contribution in [0, 0.1) is 5.41 Å². The number of rotatable bonds is 3. The zero-order chi connectivity index (χ0) is 8.15. The van der Waals surface area contributed by atoms with Gasteiger partial charge in [-0.15, -0.1) is 0 Å². The Morgan fingerprint density at radius 2 is 2.10 bits per heavy atom. The lowest BCUT2D eigenvalue weighted by atomic mass is 10.6. The third kappa shape index (κ3) is 6.20. The van der Waals surface area contributed by atoms with E-state index in [1.807, 2.05) is 0 Å². The molecule has 0 radical (unpaired) electrons. The molecule has 5 heteroatoms. The first-order valence-corrected chi connectivity index (χ1v) is 3.73. The summed E-state index contributed by atoms with van der Waals surface area (Å²) < 4.78 is 0. The quantitative estimate of drug-likeness (QED) is 0.411. The number of hydrogen-bond donors (Lipinski definition) is 2. The molecule has 2 nitrogen and oxygen atoms in total. The molecule has 0 bridgehead atoms. The topological polar surface area (TPSA) is 35.9 Å². The number of alkyl halides is 1. The first-order chi connectivity index (χ1) is 4.52. The maximum atomic E-state index is 6.79. The number of allylic oxidation sites excluding steroid dienone is 1. The van der Waals surface area contributed by atoms with Crippen LogP contribution in [-0.4, -0.2) is 10.7 Å². The Bertz CT molecular complexity index is 153. The Morgan fingerprint density at radius 1 is 1.60 bits per heavy atom. The van der Waals surface area contributed by atoms with Crippen molar-refractivity contribution in [3.8, 4) is 0 Å². The molecule has 10 heavy (non-hydrogen) atoms. The van der Waals surface area contributed by atoms with E-state index in [4.69, 9.17) is 40.2 Å². The van der Waals surface area contributed by atoms with Gasteiger partial charge in [0.1, 0.15) is 10.3 Å². The van der Waals surface area contributed by atoms with Gasteiger partial charge >= 0.3 is 0 Å². The van der Waals surface area contributed by atoms with Gasteiger partial charge in [0, 0.05) is 6.08 Å². The van der Waals surface area contributed by atoms with Gasteiger partial charge in [0.2, 0.25) is 0 Å². The van der Waals surface area contributed by atoms with Crippen LogP contribution in [0.3, 0.4) is 0 Å². The summed E-state index contributed by atoms with van der Waals surface area (Å²) in [6.45, 7) is 1.72. The summed E-state index contributed by atoms with van der Waals surface area (Å²) in [5.74, 6) is 0. The minimum atomic E-state index is -0.264. The molecule has 0 aliphatic carbocycles. The first-order valence-electron chi connectivity index (χ1n) is 2.54. The van der Waals surface area contributed by atoms with Crippen molar-refractivity contribution in [1.29, 1.82) is 5.41 Å². The standard InChI is InChI=1S/C5H7Cl3N2/c1-3(6)10-5(8)2-4(7)9/h2-3,9-10H,1H3. The normalized spacial score (nSPS) is 14.6. The summed E-state index contributed by atoms with van der Waals surface area (Å²) in [7, 11) is 0. The van der Waals surface area contributed by atoms with Crippen molar-refractivity contribution in [2.24, 2.45) is 0 Å². The third-order valence-electron chi connectivity index (χ3n) is 0.590. The molecule has 0 amide bonds. The zero-order valence-electron chi connectivity index (χ0n) is 5.29. The van der Waals surface area contributed by atoms with Gasteiger partial charge in [0.25, 0.3) is 0 Å². The molecular formula is C5H7Cl3N2. The van der Waals surface area contributed by atoms with Gasteiger partial charge in [-0.3, -0.25) is 5.41 Å². The monoisotopic (exact) mass is 200 g/mol. The molecule has 0 aliphatic heterocycles. The fourth-order valence-corrected chi connectivity index (χ4v) is 0.954. The summed E-state index contributed by atoms with van der Waals surface area (Å²) in [5, 5.41) is 9.57. The molecule has 0 rings (SSSR count). The predicted octanol–water partition coefficient (Wildman–Crippen LogP) is 2.46. The minimum Gasteiger partial charge on any atom is -0.360 e. The molecule has 0 saturated heterocycles. The number of hydrogen-bond acceptors (Lipinski definition) is 2. The van der Waals surface area contributed by atoms with Crippen molar-refractivity contribution in [3.05, 3.63) is 11.2 Å². The minimum absolute atomic E-state index is 0.130. The van der Waals surface area contributed by atoms with E-state index in [0.29, 0.717) is 0 Å². The first kappa shape index (κ1) is 10.1. The molecule has 2 N–H and O–H groups in total. The van der Waals surface area contributed by atoms with Crippen LogP contribution in [0.2, 0.25) is 0 Å². The Kier molecular flexibility index (Phi) is 4.87. The summed E-state index contributed by atoms with van der Waals surface area (Å²) >= 11 is 16.2. The van der Waals surface area contributed by atoms with E-state index >= 15 is 0 Å². The van der Waals surface area contributed by atoms with E-state index in [1.165, 1.54) is 6.08 Å². The van der Waals surface area contributed by atoms with Crippen molar-refractivity contribution >= 4 is 40.0 Å². The molecule has 0 spiro atoms. The van der Waals surface area contributed by atoms with E-state index in [2.05, 4.69) is 5.32 Å². The van der Waals surface area contributed by atoms with Crippen molar-refractivity contribution in [2.45, 2.75) is 12.4 Å². The lowest BCUT2D eigenvalue weighted by Gasteiger charge is -2.04. The maximum Gasteiger partial charge on any atom is 0.123 e. The summed E-state index contributed by atoms with van der Waals surface area (Å²) in [5.41, 5.74) is -0.264. The molecule has 0 aromatic carbocycles. The molecule has 1 unspecified atom stereocenters. The Hall–Kier alpha value is 0.0800. The van der Waals surface area contributed by atoms with E-state index in [-0.39, 0.29) is 15.8 Å². The van der Waals surface area contributed by atoms with Gasteiger partial charge in [-0.25, -0.2) is 0 Å². The van der Waals surface area contributed by atoms with Crippen LogP contribution >= 0.6 is 34.8 Å². The van der Waals surface area contributed by atoms with Crippen LogP contribution in [0.15, 0.2) is 11.2 Å². The molecule has 58 valence electrons. The highest BCUT2D eigenvalue weighted by Gasteiger charge is 1.96. The van der Waals surface area contributed by atoms with Gasteiger partial charge in [-0.05, 0) is 6.92 Å². The van der Waals surface area contributed by atoms with Crippen LogP contribution in [-0.2, 0) is 0 Å². The lowest BCUT2D eigenvalue weighted by molar-refractivity contribution is 0.830. The van der Waals surface area contributed by atoms with Gasteiger partial charge < -0.3 is 5.32 Å². The van der Waals surface area contributed by atoms with Crippen LogP contribution < -0.4 is 5.32 Å². The predicted molar refractivity (Wildman–Crippen MR) is 46.0 cm³/mol. The van der Waals surface area contributed by atoms with Gasteiger partial charge in [-0.2, -0.15) is 0 Å². The van der Waals surface area contributed by atoms with Crippen LogP contribution in [0.1, 0.15) is 6.92 Å². The molecule has 0 aromatic heterocycles. The Balaban J connectivity index is 3.83. The highest BCUT2D eigenvalue weighted by Crippen LogP contribution is 2.01. The van der Waals surface area contributed by atoms with Crippen molar-refractivity contribution in [3.63, 3.8) is 0 Å². The molecule has 0 aliphatic rings. The van der Waals surface area contributed by atoms with Crippen LogP contribution in [0.25, 0.3) is 0 Å². The smallest absolute Gasteiger partial charge is 0.123 e. The Morgan fingerprint density at radius 3 is 2.40 bits per heavy atom. The fraction of sp³-hybridized carbons (Fsp3) is 0.400. The molecule has 0 saturated carbocycles. The largest absolute Gasteiger partial charge is 0.360 e. The molecule has 0 aromatic rings. The second kappa shape index (κ2) is 4.83. The zero-order valence-corrected chi connectivity index (χ0v) is 7.56. The Labute approximate surface area is 74.7 Å². The summed E-state index contributed by atoms with van der Waals surface area (Å²) in [6, 6.07) is 0. The lowest BCUT2D eigenvalue weighted by Crippen LogP contribution is -2.16. The fourth-order valence-electron chi connectivity index (χ4n) is 0.343. The van der Waals surface area contributed by atoms with Crippen LogP contribution in [0.4, 0.5) is 0 Å². The highest BCUT2D eigenvalue weighted by atomic mass is 35.5. The van der Waals surface area contributed by atoms with Crippen molar-refractivity contribution in [2.75, 3.05) is 0 Å². The van der Waals surface area contributed by atoms with E-state index in [9.17, 15) is 0 Å².